The van der Waals surface area contributed by atoms with Crippen molar-refractivity contribution in [3.05, 3.63) is 12.7 Å². The minimum atomic E-state index is -1.07. The van der Waals surface area contributed by atoms with Crippen molar-refractivity contribution in [1.82, 2.24) is 19.5 Å². The van der Waals surface area contributed by atoms with Gasteiger partial charge in [-0.25, -0.2) is 15.0 Å². The summed E-state index contributed by atoms with van der Waals surface area (Å²) in [5, 5.41) is 19.1. The monoisotopic (exact) mass is 301 g/mol. The number of aliphatic hydroxyl groups is 2. The lowest BCUT2D eigenvalue weighted by atomic mass is 10.1. The minimum Gasteiger partial charge on any atom is -0.394 e. The molecule has 0 radical (unpaired) electrons. The smallest absolute Gasteiger partial charge is 0.167 e. The van der Waals surface area contributed by atoms with Crippen molar-refractivity contribution in [3.8, 4) is 0 Å². The van der Waals surface area contributed by atoms with Gasteiger partial charge < -0.3 is 20.7 Å². The number of nitrogen functional groups attached to an aromatic ring is 1. The van der Waals surface area contributed by atoms with Gasteiger partial charge in [-0.15, -0.1) is 0 Å². The second kappa shape index (κ2) is 5.11. The topological polar surface area (TPSA) is 129 Å². The van der Waals surface area contributed by atoms with Gasteiger partial charge in [0.15, 0.2) is 23.8 Å². The average Bonchev–Trinajstić information content (AvgIpc) is 3.00. The zero-order chi connectivity index (χ0) is 14.3. The Labute approximate surface area is 118 Å². The van der Waals surface area contributed by atoms with Gasteiger partial charge in [-0.1, -0.05) is 0 Å². The van der Waals surface area contributed by atoms with Crippen LogP contribution in [0.25, 0.3) is 11.2 Å². The summed E-state index contributed by atoms with van der Waals surface area (Å²) in [6.45, 7) is -0.363. The van der Waals surface area contributed by atoms with E-state index in [1.165, 1.54) is 17.2 Å². The molecule has 10 heteroatoms. The molecule has 20 heavy (non-hydrogen) atoms. The average molecular weight is 302 g/mol. The largest absolute Gasteiger partial charge is 0.394 e. The van der Waals surface area contributed by atoms with Crippen LogP contribution in [0.5, 0.6) is 0 Å². The fourth-order valence-corrected chi connectivity index (χ4v) is 2.44. The molecule has 1 aliphatic rings. The van der Waals surface area contributed by atoms with Gasteiger partial charge in [-0.05, 0) is 0 Å². The Kier molecular flexibility index (Phi) is 3.44. The van der Waals surface area contributed by atoms with Gasteiger partial charge in [0.05, 0.1) is 24.8 Å². The van der Waals surface area contributed by atoms with Crippen LogP contribution in [0.1, 0.15) is 6.23 Å². The Morgan fingerprint density at radius 2 is 2.25 bits per heavy atom. The van der Waals surface area contributed by atoms with Crippen LogP contribution in [0, 0.1) is 0 Å². The van der Waals surface area contributed by atoms with Crippen molar-refractivity contribution in [2.75, 3.05) is 12.3 Å². The number of anilines is 1. The molecule has 108 valence electrons. The summed E-state index contributed by atoms with van der Waals surface area (Å²) in [6, 6.07) is 0. The van der Waals surface area contributed by atoms with Crippen molar-refractivity contribution in [2.45, 2.75) is 24.5 Å². The number of aliphatic hydroxyl groups excluding tert-OH is 2. The Morgan fingerprint density at radius 3 is 2.95 bits per heavy atom. The third-order valence-electron chi connectivity index (χ3n) is 3.26. The number of hydrogen-bond acceptors (Lipinski definition) is 8. The van der Waals surface area contributed by atoms with E-state index in [0.717, 1.165) is 0 Å². The summed E-state index contributed by atoms with van der Waals surface area (Å²) < 4.78 is 11.8. The van der Waals surface area contributed by atoms with Gasteiger partial charge >= 0.3 is 0 Å². The van der Waals surface area contributed by atoms with Crippen molar-refractivity contribution < 1.29 is 19.2 Å². The number of aromatic nitrogens is 4. The molecule has 0 aliphatic carbocycles. The Balaban J connectivity index is 2.04. The molecular weight excluding hydrogens is 290 g/mol. The Hall–Kier alpha value is -1.52. The number of fused-ring (bicyclic) bond motifs is 1. The van der Waals surface area contributed by atoms with E-state index in [1.54, 1.807) is 0 Å². The maximum atomic E-state index is 9.96. The molecule has 0 unspecified atom stereocenters. The Bertz CT molecular complexity index is 623. The van der Waals surface area contributed by atoms with E-state index in [1.807, 2.05) is 0 Å². The number of nitrogens with zero attached hydrogens (tertiary/aromatic N) is 4. The molecule has 1 aliphatic heterocycles. The van der Waals surface area contributed by atoms with Crippen molar-refractivity contribution in [1.29, 1.82) is 0 Å². The number of imidazole rings is 1. The molecule has 0 saturated carbocycles. The molecule has 0 amide bonds. The molecule has 3 rings (SSSR count). The highest BCUT2D eigenvalue weighted by molar-refractivity contribution is 6.07. The van der Waals surface area contributed by atoms with Crippen LogP contribution < -0.4 is 5.73 Å². The molecule has 2 aromatic heterocycles. The highest BCUT2D eigenvalue weighted by Gasteiger charge is 2.46. The van der Waals surface area contributed by atoms with E-state index >= 15 is 0 Å². The van der Waals surface area contributed by atoms with Gasteiger partial charge in [0.1, 0.15) is 24.1 Å². The van der Waals surface area contributed by atoms with Crippen LogP contribution >= 0.6 is 11.9 Å². The number of hydrogen-bond donors (Lipinski definition) is 3. The summed E-state index contributed by atoms with van der Waals surface area (Å²) in [4.78, 5) is 12.0. The van der Waals surface area contributed by atoms with Gasteiger partial charge in [0, 0.05) is 0 Å². The maximum Gasteiger partial charge on any atom is 0.167 e. The van der Waals surface area contributed by atoms with Crippen molar-refractivity contribution in [2.24, 2.45) is 0 Å². The lowest BCUT2D eigenvalue weighted by Gasteiger charge is -2.18. The van der Waals surface area contributed by atoms with Gasteiger partial charge in [0.2, 0.25) is 0 Å². The Morgan fingerprint density at radius 1 is 1.45 bits per heavy atom. The molecule has 1 saturated heterocycles. The maximum absolute atomic E-state index is 9.96. The molecule has 1 fully saturated rings. The van der Waals surface area contributed by atoms with E-state index in [2.05, 4.69) is 15.0 Å². The number of rotatable bonds is 3. The lowest BCUT2D eigenvalue weighted by Crippen LogP contribution is -2.33. The fourth-order valence-electron chi connectivity index (χ4n) is 2.25. The summed E-state index contributed by atoms with van der Waals surface area (Å²) in [6.07, 6.45) is -0.794. The minimum absolute atomic E-state index is 0.231. The third-order valence-corrected chi connectivity index (χ3v) is 3.46. The van der Waals surface area contributed by atoms with Gasteiger partial charge in [-0.3, -0.25) is 8.86 Å². The van der Waals surface area contributed by atoms with Crippen LogP contribution in [0.2, 0.25) is 0 Å². The molecule has 0 spiro atoms. The first kappa shape index (κ1) is 13.5. The standard InChI is InChI=1S/C10H12ClN5O4/c11-20-7-6(18)4(1-17)19-10(7)16-3-15-5-8(12)13-2-14-9(5)16/h2-4,6-7,10,17-18H,1H2,(H2,12,13,14)/t4-,6+,7-,10-/m1/s1. The molecule has 0 bridgehead atoms. The molecule has 4 atom stereocenters. The van der Waals surface area contributed by atoms with E-state index in [-0.39, 0.29) is 12.4 Å². The summed E-state index contributed by atoms with van der Waals surface area (Å²) in [5.41, 5.74) is 6.53. The summed E-state index contributed by atoms with van der Waals surface area (Å²) in [7, 11) is 0. The van der Waals surface area contributed by atoms with Gasteiger partial charge in [-0.2, -0.15) is 0 Å². The van der Waals surface area contributed by atoms with Crippen LogP contribution in [-0.4, -0.2) is 54.7 Å². The van der Waals surface area contributed by atoms with Gasteiger partial charge in [0.25, 0.3) is 0 Å². The quantitative estimate of drug-likeness (QED) is 0.672. The summed E-state index contributed by atoms with van der Waals surface area (Å²) >= 11 is 5.41. The van der Waals surface area contributed by atoms with E-state index in [4.69, 9.17) is 31.7 Å². The normalized spacial score (nSPS) is 30.1. The van der Waals surface area contributed by atoms with Crippen LogP contribution in [0.4, 0.5) is 5.82 Å². The first-order chi connectivity index (χ1) is 9.67. The van der Waals surface area contributed by atoms with Crippen LogP contribution in [0.15, 0.2) is 12.7 Å². The molecule has 9 nitrogen and oxygen atoms in total. The first-order valence-electron chi connectivity index (χ1n) is 5.82. The van der Waals surface area contributed by atoms with E-state index in [9.17, 15) is 5.11 Å². The van der Waals surface area contributed by atoms with E-state index < -0.39 is 24.5 Å². The zero-order valence-electron chi connectivity index (χ0n) is 10.1. The molecule has 4 N–H and O–H groups in total. The third kappa shape index (κ3) is 1.91. The lowest BCUT2D eigenvalue weighted by molar-refractivity contribution is -0.0482. The van der Waals surface area contributed by atoms with Crippen molar-refractivity contribution >= 4 is 28.8 Å². The SMILES string of the molecule is Nc1ncnc2c1ncn2[C@@H]1O[C@H](CO)[C@H](O)[C@H]1OCl. The first-order valence-corrected chi connectivity index (χ1v) is 6.13. The van der Waals surface area contributed by atoms with E-state index in [0.29, 0.717) is 11.2 Å². The second-order valence-electron chi connectivity index (χ2n) is 4.37. The fraction of sp³-hybridized carbons (Fsp3) is 0.500. The molecule has 2 aromatic rings. The highest BCUT2D eigenvalue weighted by atomic mass is 35.5. The summed E-state index contributed by atoms with van der Waals surface area (Å²) in [5.74, 6) is 0.231. The predicted octanol–water partition coefficient (Wildman–Crippen LogP) is -0.802. The molecular formula is C10H12ClN5O4. The number of halogens is 1. The number of ether oxygens (including phenoxy) is 1. The van der Waals surface area contributed by atoms with Crippen LogP contribution in [0.3, 0.4) is 0 Å². The van der Waals surface area contributed by atoms with Crippen LogP contribution in [-0.2, 0) is 9.03 Å². The zero-order valence-corrected chi connectivity index (χ0v) is 10.9. The number of nitrogens with two attached hydrogens (primary N) is 1. The second-order valence-corrected chi connectivity index (χ2v) is 4.55. The molecule has 0 aromatic carbocycles. The molecule has 3 heterocycles. The predicted molar refractivity (Wildman–Crippen MR) is 67.5 cm³/mol. The van der Waals surface area contributed by atoms with Crippen molar-refractivity contribution in [3.63, 3.8) is 0 Å². The highest BCUT2D eigenvalue weighted by Crippen LogP contribution is 2.34.